The topological polar surface area (TPSA) is 34.1 Å². The van der Waals surface area contributed by atoms with Crippen LogP contribution in [0, 0.1) is 11.6 Å². The van der Waals surface area contributed by atoms with E-state index in [1.807, 2.05) is 6.92 Å². The van der Waals surface area contributed by atoms with Crippen LogP contribution in [0.4, 0.5) is 14.6 Å². The van der Waals surface area contributed by atoms with Crippen molar-refractivity contribution in [2.24, 2.45) is 0 Å². The van der Waals surface area contributed by atoms with Crippen LogP contribution in [0.3, 0.4) is 0 Å². The summed E-state index contributed by atoms with van der Waals surface area (Å²) in [6, 6.07) is 0.806. The van der Waals surface area contributed by atoms with Crippen molar-refractivity contribution in [3.05, 3.63) is 17.7 Å². The Bertz CT molecular complexity index is 372. The Morgan fingerprint density at radius 1 is 1.17 bits per heavy atom. The van der Waals surface area contributed by atoms with E-state index in [2.05, 4.69) is 17.2 Å². The van der Waals surface area contributed by atoms with Gasteiger partial charge < -0.3 is 10.1 Å². The Labute approximate surface area is 107 Å². The predicted molar refractivity (Wildman–Crippen MR) is 68.0 cm³/mol. The second-order valence-corrected chi connectivity index (χ2v) is 4.09. The van der Waals surface area contributed by atoms with Gasteiger partial charge in [-0.1, -0.05) is 26.7 Å². The number of nitrogens with zero attached hydrogens (tertiary/aromatic N) is 1. The van der Waals surface area contributed by atoms with Crippen LogP contribution in [-0.4, -0.2) is 18.1 Å². The molecule has 1 N–H and O–H groups in total. The zero-order valence-corrected chi connectivity index (χ0v) is 10.9. The molecule has 0 unspecified atom stereocenters. The standard InChI is InChI=1S/C13H20F2N2O/c1-3-5-6-8-18-13-11(15)9-10(14)12(17-13)16-7-4-2/h9H,3-8H2,1-2H3,(H,16,17). The fourth-order valence-corrected chi connectivity index (χ4v) is 1.44. The van der Waals surface area contributed by atoms with Crippen molar-refractivity contribution >= 4 is 5.82 Å². The number of hydrogen-bond donors (Lipinski definition) is 1. The van der Waals surface area contributed by atoms with E-state index in [9.17, 15) is 8.78 Å². The summed E-state index contributed by atoms with van der Waals surface area (Å²) in [6.45, 7) is 5.02. The summed E-state index contributed by atoms with van der Waals surface area (Å²) in [6.07, 6.45) is 3.76. The molecule has 5 heteroatoms. The van der Waals surface area contributed by atoms with Crippen LogP contribution in [0.1, 0.15) is 39.5 Å². The Morgan fingerprint density at radius 3 is 2.61 bits per heavy atom. The third-order valence-electron chi connectivity index (χ3n) is 2.43. The third kappa shape index (κ3) is 4.47. The van der Waals surface area contributed by atoms with Crippen molar-refractivity contribution in [1.82, 2.24) is 4.98 Å². The quantitative estimate of drug-likeness (QED) is 0.721. The maximum Gasteiger partial charge on any atom is 0.252 e. The first-order valence-electron chi connectivity index (χ1n) is 6.41. The summed E-state index contributed by atoms with van der Waals surface area (Å²) in [5, 5.41) is 2.80. The van der Waals surface area contributed by atoms with E-state index in [-0.39, 0.29) is 11.7 Å². The van der Waals surface area contributed by atoms with E-state index in [1.165, 1.54) is 0 Å². The molecule has 0 fully saturated rings. The maximum atomic E-state index is 13.4. The lowest BCUT2D eigenvalue weighted by Crippen LogP contribution is -2.08. The number of anilines is 1. The second kappa shape index (κ2) is 7.84. The molecule has 0 amide bonds. The minimum Gasteiger partial charge on any atom is -0.476 e. The summed E-state index contributed by atoms with van der Waals surface area (Å²) < 4.78 is 32.0. The van der Waals surface area contributed by atoms with E-state index in [0.717, 1.165) is 31.7 Å². The Morgan fingerprint density at radius 2 is 1.94 bits per heavy atom. The Balaban J connectivity index is 2.65. The molecule has 0 saturated carbocycles. The number of halogens is 2. The average Bonchev–Trinajstić information content (AvgIpc) is 2.35. The number of ether oxygens (including phenoxy) is 1. The summed E-state index contributed by atoms with van der Waals surface area (Å²) in [7, 11) is 0. The predicted octanol–water partition coefficient (Wildman–Crippen LogP) is 3.75. The Kier molecular flexibility index (Phi) is 6.39. The van der Waals surface area contributed by atoms with Gasteiger partial charge in [0.25, 0.3) is 5.88 Å². The highest BCUT2D eigenvalue weighted by Crippen LogP contribution is 2.21. The lowest BCUT2D eigenvalue weighted by atomic mass is 10.3. The number of unbranched alkanes of at least 4 members (excludes halogenated alkanes) is 2. The zero-order valence-electron chi connectivity index (χ0n) is 10.9. The van der Waals surface area contributed by atoms with Crippen LogP contribution in [0.2, 0.25) is 0 Å². The van der Waals surface area contributed by atoms with Crippen LogP contribution in [0.25, 0.3) is 0 Å². The lowest BCUT2D eigenvalue weighted by Gasteiger charge is -2.10. The number of rotatable bonds is 8. The number of hydrogen-bond acceptors (Lipinski definition) is 3. The molecule has 102 valence electrons. The summed E-state index contributed by atoms with van der Waals surface area (Å²) in [4.78, 5) is 3.82. The zero-order chi connectivity index (χ0) is 13.4. The molecule has 0 saturated heterocycles. The van der Waals surface area contributed by atoms with Gasteiger partial charge in [-0.3, -0.25) is 0 Å². The minimum atomic E-state index is -0.758. The highest BCUT2D eigenvalue weighted by Gasteiger charge is 2.12. The molecule has 0 radical (unpaired) electrons. The SMILES string of the molecule is CCCCCOc1nc(NCCC)c(F)cc1F. The van der Waals surface area contributed by atoms with Crippen LogP contribution < -0.4 is 10.1 Å². The highest BCUT2D eigenvalue weighted by molar-refractivity contribution is 5.39. The molecular weight excluding hydrogens is 238 g/mol. The van der Waals surface area contributed by atoms with Crippen molar-refractivity contribution in [1.29, 1.82) is 0 Å². The molecule has 1 heterocycles. The second-order valence-electron chi connectivity index (χ2n) is 4.09. The lowest BCUT2D eigenvalue weighted by molar-refractivity contribution is 0.278. The van der Waals surface area contributed by atoms with Gasteiger partial charge in [0.05, 0.1) is 6.61 Å². The fourth-order valence-electron chi connectivity index (χ4n) is 1.44. The molecule has 0 aliphatic rings. The smallest absolute Gasteiger partial charge is 0.252 e. The van der Waals surface area contributed by atoms with Gasteiger partial charge in [0.1, 0.15) is 0 Å². The Hall–Kier alpha value is -1.39. The molecular formula is C13H20F2N2O. The van der Waals surface area contributed by atoms with Crippen molar-refractivity contribution in [3.8, 4) is 5.88 Å². The molecule has 0 aromatic carbocycles. The summed E-state index contributed by atoms with van der Waals surface area (Å²) in [5.41, 5.74) is 0. The molecule has 1 aromatic rings. The van der Waals surface area contributed by atoms with Gasteiger partial charge in [-0.15, -0.1) is 0 Å². The van der Waals surface area contributed by atoms with Gasteiger partial charge in [-0.25, -0.2) is 8.78 Å². The van der Waals surface area contributed by atoms with Gasteiger partial charge in [0, 0.05) is 12.6 Å². The number of aromatic nitrogens is 1. The molecule has 0 aliphatic carbocycles. The molecule has 1 rings (SSSR count). The first-order chi connectivity index (χ1) is 8.69. The molecule has 0 aliphatic heterocycles. The van der Waals surface area contributed by atoms with E-state index in [1.54, 1.807) is 0 Å². The van der Waals surface area contributed by atoms with Crippen molar-refractivity contribution in [2.45, 2.75) is 39.5 Å². The third-order valence-corrected chi connectivity index (χ3v) is 2.43. The minimum absolute atomic E-state index is 0.0451. The van der Waals surface area contributed by atoms with Crippen LogP contribution in [0.15, 0.2) is 6.07 Å². The first kappa shape index (κ1) is 14.7. The van der Waals surface area contributed by atoms with Gasteiger partial charge in [0.2, 0.25) is 0 Å². The van der Waals surface area contributed by atoms with Gasteiger partial charge in [0.15, 0.2) is 17.5 Å². The molecule has 18 heavy (non-hydrogen) atoms. The molecule has 0 spiro atoms. The van der Waals surface area contributed by atoms with Crippen molar-refractivity contribution in [2.75, 3.05) is 18.5 Å². The van der Waals surface area contributed by atoms with E-state index in [4.69, 9.17) is 4.74 Å². The summed E-state index contributed by atoms with van der Waals surface area (Å²) >= 11 is 0. The molecule has 3 nitrogen and oxygen atoms in total. The van der Waals surface area contributed by atoms with Crippen molar-refractivity contribution < 1.29 is 13.5 Å². The largest absolute Gasteiger partial charge is 0.476 e. The van der Waals surface area contributed by atoms with E-state index in [0.29, 0.717) is 13.2 Å². The van der Waals surface area contributed by atoms with Crippen LogP contribution in [0.5, 0.6) is 5.88 Å². The summed E-state index contributed by atoms with van der Waals surface area (Å²) in [5.74, 6) is -1.54. The van der Waals surface area contributed by atoms with Crippen LogP contribution >= 0.6 is 0 Å². The first-order valence-corrected chi connectivity index (χ1v) is 6.41. The van der Waals surface area contributed by atoms with Crippen LogP contribution in [-0.2, 0) is 0 Å². The molecule has 0 bridgehead atoms. The number of pyridine rings is 1. The maximum absolute atomic E-state index is 13.4. The normalized spacial score (nSPS) is 10.4. The molecule has 1 aromatic heterocycles. The fraction of sp³-hybridized carbons (Fsp3) is 0.615. The average molecular weight is 258 g/mol. The molecule has 0 atom stereocenters. The monoisotopic (exact) mass is 258 g/mol. The van der Waals surface area contributed by atoms with E-state index >= 15 is 0 Å². The van der Waals surface area contributed by atoms with Gasteiger partial charge in [-0.05, 0) is 12.8 Å². The van der Waals surface area contributed by atoms with Gasteiger partial charge >= 0.3 is 0 Å². The van der Waals surface area contributed by atoms with Crippen molar-refractivity contribution in [3.63, 3.8) is 0 Å². The van der Waals surface area contributed by atoms with E-state index < -0.39 is 11.6 Å². The highest BCUT2D eigenvalue weighted by atomic mass is 19.1. The van der Waals surface area contributed by atoms with Gasteiger partial charge in [-0.2, -0.15) is 4.98 Å². The number of nitrogens with one attached hydrogen (secondary N) is 1.